The largest absolute Gasteiger partial charge is 0.348 e. The molecule has 1 amide bonds. The molecular formula is C23H20N4O2S. The molecule has 2 aromatic carbocycles. The minimum Gasteiger partial charge on any atom is -0.348 e. The first-order valence-corrected chi connectivity index (χ1v) is 10.0. The third-order valence-electron chi connectivity index (χ3n) is 4.89. The van der Waals surface area contributed by atoms with Gasteiger partial charge in [-0.05, 0) is 54.0 Å². The number of H-pyrrole nitrogens is 1. The molecule has 6 nitrogen and oxygen atoms in total. The molecule has 0 radical (unpaired) electrons. The summed E-state index contributed by atoms with van der Waals surface area (Å²) >= 11 is 5.41. The highest BCUT2D eigenvalue weighted by molar-refractivity contribution is 7.71. The minimum absolute atomic E-state index is 0.160. The van der Waals surface area contributed by atoms with Crippen LogP contribution in [0.1, 0.15) is 21.5 Å². The van der Waals surface area contributed by atoms with Crippen LogP contribution < -0.4 is 10.9 Å². The minimum atomic E-state index is -0.228. The highest BCUT2D eigenvalue weighted by atomic mass is 32.1. The predicted molar refractivity (Wildman–Crippen MR) is 119 cm³/mol. The first kappa shape index (κ1) is 19.7. The zero-order chi connectivity index (χ0) is 20.9. The normalized spacial score (nSPS) is 10.8. The van der Waals surface area contributed by atoms with Crippen molar-refractivity contribution in [3.8, 4) is 0 Å². The molecule has 0 aliphatic heterocycles. The van der Waals surface area contributed by atoms with Crippen LogP contribution in [0.3, 0.4) is 0 Å². The van der Waals surface area contributed by atoms with E-state index in [1.54, 1.807) is 35.2 Å². The summed E-state index contributed by atoms with van der Waals surface area (Å²) in [6.45, 7) is 0.864. The smallest absolute Gasteiger partial charge is 0.262 e. The summed E-state index contributed by atoms with van der Waals surface area (Å²) < 4.78 is 1.91. The highest BCUT2D eigenvalue weighted by Crippen LogP contribution is 2.12. The number of aromatic amines is 1. The number of amides is 1. The Bertz CT molecular complexity index is 1300. The maximum absolute atomic E-state index is 12.9. The van der Waals surface area contributed by atoms with Crippen molar-refractivity contribution in [3.63, 3.8) is 0 Å². The lowest BCUT2D eigenvalue weighted by Crippen LogP contribution is -2.25. The van der Waals surface area contributed by atoms with Gasteiger partial charge in [-0.1, -0.05) is 36.4 Å². The van der Waals surface area contributed by atoms with E-state index in [1.165, 1.54) is 0 Å². The second-order valence-corrected chi connectivity index (χ2v) is 7.31. The van der Waals surface area contributed by atoms with Crippen molar-refractivity contribution in [1.82, 2.24) is 19.9 Å². The monoisotopic (exact) mass is 416 g/mol. The van der Waals surface area contributed by atoms with E-state index in [4.69, 9.17) is 12.2 Å². The molecule has 4 rings (SSSR count). The van der Waals surface area contributed by atoms with Gasteiger partial charge in [-0.25, -0.2) is 0 Å². The van der Waals surface area contributed by atoms with Crippen LogP contribution in [0.5, 0.6) is 0 Å². The summed E-state index contributed by atoms with van der Waals surface area (Å²) in [6, 6.07) is 18.6. The van der Waals surface area contributed by atoms with Gasteiger partial charge in [-0.2, -0.15) is 0 Å². The van der Waals surface area contributed by atoms with Crippen LogP contribution in [-0.2, 0) is 19.5 Å². The molecule has 30 heavy (non-hydrogen) atoms. The van der Waals surface area contributed by atoms with E-state index in [9.17, 15) is 9.59 Å². The number of aromatic nitrogens is 3. The fourth-order valence-corrected chi connectivity index (χ4v) is 3.56. The van der Waals surface area contributed by atoms with Gasteiger partial charge in [0.25, 0.3) is 11.5 Å². The van der Waals surface area contributed by atoms with Crippen molar-refractivity contribution in [3.05, 3.63) is 105 Å². The van der Waals surface area contributed by atoms with E-state index < -0.39 is 0 Å². The number of pyridine rings is 1. The number of hydrogen-bond donors (Lipinski definition) is 2. The Balaban J connectivity index is 1.55. The molecule has 0 atom stereocenters. The number of rotatable bonds is 6. The van der Waals surface area contributed by atoms with Crippen molar-refractivity contribution in [2.75, 3.05) is 0 Å². The van der Waals surface area contributed by atoms with Gasteiger partial charge in [0.1, 0.15) is 0 Å². The highest BCUT2D eigenvalue weighted by Gasteiger charge is 2.10. The number of aryl methyl sites for hydroxylation is 1. The molecule has 2 aromatic heterocycles. The topological polar surface area (TPSA) is 79.8 Å². The number of fused-ring (bicyclic) bond motifs is 1. The lowest BCUT2D eigenvalue weighted by molar-refractivity contribution is 0.0951. The van der Waals surface area contributed by atoms with Crippen LogP contribution in [0.2, 0.25) is 0 Å². The number of hydrogen-bond acceptors (Lipinski definition) is 4. The van der Waals surface area contributed by atoms with Crippen molar-refractivity contribution in [2.45, 2.75) is 19.5 Å². The Morgan fingerprint density at radius 2 is 1.87 bits per heavy atom. The molecule has 0 aliphatic carbocycles. The lowest BCUT2D eigenvalue weighted by atomic mass is 10.1. The molecular weight excluding hydrogens is 396 g/mol. The summed E-state index contributed by atoms with van der Waals surface area (Å²) in [4.78, 5) is 32.6. The maximum atomic E-state index is 12.9. The molecule has 7 heteroatoms. The second-order valence-electron chi connectivity index (χ2n) is 6.93. The molecule has 2 heterocycles. The number of benzene rings is 2. The lowest BCUT2D eigenvalue weighted by Gasteiger charge is -2.10. The van der Waals surface area contributed by atoms with Gasteiger partial charge in [-0.3, -0.25) is 19.1 Å². The van der Waals surface area contributed by atoms with E-state index in [1.807, 2.05) is 42.5 Å². The van der Waals surface area contributed by atoms with E-state index in [0.29, 0.717) is 40.7 Å². The Morgan fingerprint density at radius 1 is 1.07 bits per heavy atom. The van der Waals surface area contributed by atoms with Crippen LogP contribution in [0, 0.1) is 4.77 Å². The summed E-state index contributed by atoms with van der Waals surface area (Å²) in [5, 5.41) is 3.36. The number of nitrogens with zero attached hydrogens (tertiary/aromatic N) is 2. The number of nitrogens with one attached hydrogen (secondary N) is 2. The van der Waals surface area contributed by atoms with Crippen molar-refractivity contribution in [2.24, 2.45) is 0 Å². The zero-order valence-electron chi connectivity index (χ0n) is 16.2. The Kier molecular flexibility index (Phi) is 5.81. The number of carbonyl (C=O) groups excluding carboxylic acids is 1. The zero-order valence-corrected chi connectivity index (χ0v) is 17.0. The Morgan fingerprint density at radius 3 is 2.63 bits per heavy atom. The molecule has 150 valence electrons. The fourth-order valence-electron chi connectivity index (χ4n) is 3.27. The van der Waals surface area contributed by atoms with Gasteiger partial charge in [0.05, 0.1) is 10.9 Å². The van der Waals surface area contributed by atoms with Gasteiger partial charge in [0.15, 0.2) is 4.77 Å². The average Bonchev–Trinajstić information content (AvgIpc) is 2.78. The molecule has 4 aromatic rings. The van der Waals surface area contributed by atoms with Crippen LogP contribution in [-0.4, -0.2) is 20.4 Å². The molecule has 0 unspecified atom stereocenters. The Labute approximate surface area is 178 Å². The molecule has 0 saturated heterocycles. The second kappa shape index (κ2) is 8.84. The van der Waals surface area contributed by atoms with Gasteiger partial charge in [0.2, 0.25) is 0 Å². The fraction of sp³-hybridized carbons (Fsp3) is 0.130. The van der Waals surface area contributed by atoms with Crippen molar-refractivity contribution >= 4 is 29.0 Å². The quantitative estimate of drug-likeness (QED) is 0.471. The van der Waals surface area contributed by atoms with Crippen molar-refractivity contribution < 1.29 is 4.79 Å². The standard InChI is InChI=1S/C23H20N4O2S/c28-21(25-15-17-7-4-11-24-14-17)18-8-9-19-20(13-18)26-23(30)27(22(19)29)12-10-16-5-2-1-3-6-16/h1-9,11,13-14H,10,12,15H2,(H,25,28)(H,26,30). The SMILES string of the molecule is O=C(NCc1cccnc1)c1ccc2c(=O)n(CCc3ccccc3)c(=S)[nH]c2c1. The van der Waals surface area contributed by atoms with E-state index in [2.05, 4.69) is 15.3 Å². The van der Waals surface area contributed by atoms with Crippen LogP contribution in [0.25, 0.3) is 10.9 Å². The van der Waals surface area contributed by atoms with Gasteiger partial charge < -0.3 is 10.3 Å². The average molecular weight is 417 g/mol. The summed E-state index contributed by atoms with van der Waals surface area (Å²) in [5.74, 6) is -0.228. The Hall–Kier alpha value is -3.58. The molecule has 0 bridgehead atoms. The molecule has 0 saturated carbocycles. The molecule has 0 spiro atoms. The molecule has 0 aliphatic rings. The van der Waals surface area contributed by atoms with E-state index in [-0.39, 0.29) is 11.5 Å². The summed E-state index contributed by atoms with van der Waals surface area (Å²) in [6.07, 6.45) is 4.10. The van der Waals surface area contributed by atoms with Crippen LogP contribution >= 0.6 is 12.2 Å². The first-order chi connectivity index (χ1) is 14.6. The third kappa shape index (κ3) is 4.36. The van der Waals surface area contributed by atoms with Crippen LogP contribution in [0.4, 0.5) is 0 Å². The van der Waals surface area contributed by atoms with Crippen LogP contribution in [0.15, 0.2) is 77.9 Å². The third-order valence-corrected chi connectivity index (χ3v) is 5.21. The van der Waals surface area contributed by atoms with E-state index >= 15 is 0 Å². The van der Waals surface area contributed by atoms with Gasteiger partial charge in [0, 0.05) is 31.0 Å². The van der Waals surface area contributed by atoms with Gasteiger partial charge >= 0.3 is 0 Å². The van der Waals surface area contributed by atoms with E-state index in [0.717, 1.165) is 11.1 Å². The first-order valence-electron chi connectivity index (χ1n) is 9.60. The summed E-state index contributed by atoms with van der Waals surface area (Å²) in [7, 11) is 0. The predicted octanol–water partition coefficient (Wildman–Crippen LogP) is 3.63. The number of carbonyl (C=O) groups is 1. The molecule has 0 fully saturated rings. The maximum Gasteiger partial charge on any atom is 0.262 e. The molecule has 2 N–H and O–H groups in total. The summed E-state index contributed by atoms with van der Waals surface area (Å²) in [5.41, 5.74) is 2.90. The van der Waals surface area contributed by atoms with Gasteiger partial charge in [-0.15, -0.1) is 0 Å². The van der Waals surface area contributed by atoms with Crippen molar-refractivity contribution in [1.29, 1.82) is 0 Å².